The second-order valence-electron chi connectivity index (χ2n) is 6.62. The van der Waals surface area contributed by atoms with Crippen LogP contribution in [0.3, 0.4) is 0 Å². The smallest absolute Gasteiger partial charge is 0.294 e. The first-order valence-corrected chi connectivity index (χ1v) is 9.32. The molecule has 0 N–H and O–H groups in total. The summed E-state index contributed by atoms with van der Waals surface area (Å²) in [6, 6.07) is 0. The average molecular weight is 361 g/mol. The fraction of sp³-hybridized carbons (Fsp3) is 0.700. The molecule has 5 heteroatoms. The number of allylic oxidation sites excluding steroid dienone is 5. The molecule has 0 amide bonds. The van der Waals surface area contributed by atoms with Crippen molar-refractivity contribution in [1.82, 2.24) is 4.90 Å². The quantitative estimate of drug-likeness (QED) is 0.309. The third-order valence-corrected chi connectivity index (χ3v) is 4.75. The second-order valence-corrected chi connectivity index (χ2v) is 6.62. The highest BCUT2D eigenvalue weighted by Gasteiger charge is 2.39. The molecule has 1 saturated heterocycles. The van der Waals surface area contributed by atoms with Gasteiger partial charge in [-0.3, -0.25) is 4.90 Å². The minimum Gasteiger partial charge on any atom is -0.294 e. The van der Waals surface area contributed by atoms with E-state index in [-0.39, 0.29) is 11.7 Å². The zero-order valence-electron chi connectivity index (χ0n) is 15.8. The van der Waals surface area contributed by atoms with Crippen molar-refractivity contribution in [2.24, 2.45) is 11.8 Å². The summed E-state index contributed by atoms with van der Waals surface area (Å²) in [7, 11) is 0. The van der Waals surface area contributed by atoms with Gasteiger partial charge in [0.1, 0.15) is 5.83 Å². The highest BCUT2D eigenvalue weighted by molar-refractivity contribution is 5.29. The summed E-state index contributed by atoms with van der Waals surface area (Å²) in [5.41, 5.74) is 2.62. The molecule has 1 aliphatic heterocycles. The normalized spacial score (nSPS) is 25.2. The molecule has 25 heavy (non-hydrogen) atoms. The lowest BCUT2D eigenvalue weighted by Crippen LogP contribution is -2.42. The molecule has 0 aromatic rings. The lowest BCUT2D eigenvalue weighted by Gasteiger charge is -2.35. The van der Waals surface area contributed by atoms with Crippen molar-refractivity contribution in [3.8, 4) is 0 Å². The van der Waals surface area contributed by atoms with Crippen molar-refractivity contribution in [1.29, 1.82) is 0 Å². The Morgan fingerprint density at radius 2 is 1.96 bits per heavy atom. The number of fused-ring (bicyclic) bond motifs is 1. The predicted molar refractivity (Wildman–Crippen MR) is 96.0 cm³/mol. The first-order chi connectivity index (χ1) is 11.8. The molecule has 0 radical (unpaired) electrons. The summed E-state index contributed by atoms with van der Waals surface area (Å²) >= 11 is 0. The van der Waals surface area contributed by atoms with E-state index in [1.807, 2.05) is 26.8 Å². The number of halogens is 4. The number of piperidine rings is 1. The van der Waals surface area contributed by atoms with Crippen LogP contribution in [0.1, 0.15) is 53.4 Å². The molecule has 144 valence electrons. The van der Waals surface area contributed by atoms with E-state index >= 15 is 0 Å². The Balaban J connectivity index is 0.00000151. The molecule has 1 aliphatic carbocycles. The number of hydrogen-bond acceptors (Lipinski definition) is 1. The number of likely N-dealkylation sites (tertiary alicyclic amines) is 1. The monoisotopic (exact) mass is 361 g/mol. The molecule has 2 rings (SSSR count). The highest BCUT2D eigenvalue weighted by Crippen LogP contribution is 2.43. The van der Waals surface area contributed by atoms with Gasteiger partial charge in [-0.25, -0.2) is 4.39 Å². The maximum absolute atomic E-state index is 13.3. The van der Waals surface area contributed by atoms with Crippen LogP contribution in [0.15, 0.2) is 35.2 Å². The van der Waals surface area contributed by atoms with E-state index in [2.05, 4.69) is 6.92 Å². The topological polar surface area (TPSA) is 3.24 Å². The standard InChI is InChI=1S/C18H25F4N.C2H6/c1-3-5-15(19)7-4-6-14-10-13(2)17-11-23(9-8-16(14)17)12-18(20,21)22;1-2/h4-5,7,13,17H,3,6,8-12H2,1-2H3;1-2H3/b7-4-,15-5+;. The molecule has 2 aliphatic rings. The molecule has 2 unspecified atom stereocenters. The zero-order chi connectivity index (χ0) is 19.0. The van der Waals surface area contributed by atoms with Crippen LogP contribution in [0.4, 0.5) is 17.6 Å². The van der Waals surface area contributed by atoms with Crippen molar-refractivity contribution in [2.45, 2.75) is 59.6 Å². The molecule has 1 nitrogen and oxygen atoms in total. The Morgan fingerprint density at radius 3 is 2.56 bits per heavy atom. The molecular weight excluding hydrogens is 330 g/mol. The molecule has 1 fully saturated rings. The predicted octanol–water partition coefficient (Wildman–Crippen LogP) is 6.44. The fourth-order valence-corrected chi connectivity index (χ4v) is 3.76. The van der Waals surface area contributed by atoms with Gasteiger partial charge in [0, 0.05) is 13.1 Å². The molecule has 0 spiro atoms. The SMILES string of the molecule is CC.CC/C=C(F)\C=C/CC1=C2CCN(CC(F)(F)F)CC2C(C)C1. The third-order valence-electron chi connectivity index (χ3n) is 4.75. The third kappa shape index (κ3) is 6.96. The van der Waals surface area contributed by atoms with Crippen LogP contribution in [0.25, 0.3) is 0 Å². The highest BCUT2D eigenvalue weighted by atomic mass is 19.4. The van der Waals surface area contributed by atoms with Gasteiger partial charge in [0.25, 0.3) is 0 Å². The maximum atomic E-state index is 13.3. The molecule has 0 saturated carbocycles. The Kier molecular flexibility index (Phi) is 8.91. The van der Waals surface area contributed by atoms with E-state index in [0.717, 1.165) is 6.42 Å². The molecule has 0 bridgehead atoms. The van der Waals surface area contributed by atoms with E-state index in [1.165, 1.54) is 28.2 Å². The first-order valence-electron chi connectivity index (χ1n) is 9.32. The maximum Gasteiger partial charge on any atom is 0.401 e. The molecule has 1 heterocycles. The minimum absolute atomic E-state index is 0.222. The van der Waals surface area contributed by atoms with Crippen molar-refractivity contribution < 1.29 is 17.6 Å². The van der Waals surface area contributed by atoms with Gasteiger partial charge in [0.15, 0.2) is 0 Å². The lowest BCUT2D eigenvalue weighted by molar-refractivity contribution is -0.148. The van der Waals surface area contributed by atoms with Crippen molar-refractivity contribution in [2.75, 3.05) is 19.6 Å². The Morgan fingerprint density at radius 1 is 1.28 bits per heavy atom. The van der Waals surface area contributed by atoms with Gasteiger partial charge in [-0.05, 0) is 49.7 Å². The number of rotatable bonds is 5. The second kappa shape index (κ2) is 10.1. The van der Waals surface area contributed by atoms with Gasteiger partial charge in [-0.15, -0.1) is 0 Å². The number of nitrogens with zero attached hydrogens (tertiary/aromatic N) is 1. The molecular formula is C20H31F4N. The van der Waals surface area contributed by atoms with Crippen LogP contribution in [0.2, 0.25) is 0 Å². The lowest BCUT2D eigenvalue weighted by atomic mass is 9.87. The number of alkyl halides is 3. The Hall–Kier alpha value is -1.10. The van der Waals surface area contributed by atoms with Crippen molar-refractivity contribution in [3.63, 3.8) is 0 Å². The van der Waals surface area contributed by atoms with Gasteiger partial charge in [-0.1, -0.05) is 44.9 Å². The number of hydrogen-bond donors (Lipinski definition) is 0. The van der Waals surface area contributed by atoms with Gasteiger partial charge >= 0.3 is 6.18 Å². The van der Waals surface area contributed by atoms with Gasteiger partial charge in [0.2, 0.25) is 0 Å². The Bertz CT molecular complexity index is 502. The molecule has 2 atom stereocenters. The van der Waals surface area contributed by atoms with Crippen LogP contribution < -0.4 is 0 Å². The summed E-state index contributed by atoms with van der Waals surface area (Å²) < 4.78 is 51.0. The van der Waals surface area contributed by atoms with Crippen LogP contribution in [-0.4, -0.2) is 30.7 Å². The summed E-state index contributed by atoms with van der Waals surface area (Å²) in [4.78, 5) is 1.52. The fourth-order valence-electron chi connectivity index (χ4n) is 3.76. The van der Waals surface area contributed by atoms with E-state index in [4.69, 9.17) is 0 Å². The van der Waals surface area contributed by atoms with E-state index in [0.29, 0.717) is 38.3 Å². The zero-order valence-corrected chi connectivity index (χ0v) is 15.8. The van der Waals surface area contributed by atoms with E-state index in [9.17, 15) is 17.6 Å². The summed E-state index contributed by atoms with van der Waals surface area (Å²) in [5.74, 6) is 0.381. The van der Waals surface area contributed by atoms with Crippen LogP contribution in [0.5, 0.6) is 0 Å². The van der Waals surface area contributed by atoms with E-state index in [1.54, 1.807) is 0 Å². The molecule has 0 aromatic heterocycles. The van der Waals surface area contributed by atoms with Gasteiger partial charge in [0.05, 0.1) is 6.54 Å². The van der Waals surface area contributed by atoms with Gasteiger partial charge < -0.3 is 0 Å². The largest absolute Gasteiger partial charge is 0.401 e. The van der Waals surface area contributed by atoms with Gasteiger partial charge in [-0.2, -0.15) is 13.2 Å². The van der Waals surface area contributed by atoms with Crippen LogP contribution in [0, 0.1) is 11.8 Å². The average Bonchev–Trinajstić information content (AvgIpc) is 2.84. The van der Waals surface area contributed by atoms with E-state index < -0.39 is 12.7 Å². The summed E-state index contributed by atoms with van der Waals surface area (Å²) in [5, 5.41) is 0. The van der Waals surface area contributed by atoms with Crippen LogP contribution >= 0.6 is 0 Å². The molecule has 0 aromatic carbocycles. The van der Waals surface area contributed by atoms with Crippen molar-refractivity contribution in [3.05, 3.63) is 35.2 Å². The summed E-state index contributed by atoms with van der Waals surface area (Å²) in [6.45, 7) is 8.14. The van der Waals surface area contributed by atoms with Crippen molar-refractivity contribution >= 4 is 0 Å². The Labute approximate surface area is 149 Å². The van der Waals surface area contributed by atoms with Crippen LogP contribution in [-0.2, 0) is 0 Å². The first kappa shape index (κ1) is 21.9. The minimum atomic E-state index is -4.13. The summed E-state index contributed by atoms with van der Waals surface area (Å²) in [6.07, 6.45) is 3.74.